The highest BCUT2D eigenvalue weighted by atomic mass is 16.2. The van der Waals surface area contributed by atoms with Crippen LogP contribution < -0.4 is 10.6 Å². The second kappa shape index (κ2) is 8.54. The van der Waals surface area contributed by atoms with Crippen molar-refractivity contribution in [3.05, 3.63) is 17.5 Å². The highest BCUT2D eigenvalue weighted by molar-refractivity contribution is 6.01. The molecule has 1 aliphatic rings. The lowest BCUT2D eigenvalue weighted by Gasteiger charge is -2.40. The van der Waals surface area contributed by atoms with Crippen LogP contribution in [0.2, 0.25) is 0 Å². The summed E-state index contributed by atoms with van der Waals surface area (Å²) in [6, 6.07) is 1.50. The number of rotatable bonds is 8. The maximum absolute atomic E-state index is 12.8. The van der Waals surface area contributed by atoms with Crippen molar-refractivity contribution in [3.8, 4) is 0 Å². The molecule has 1 aromatic heterocycles. The van der Waals surface area contributed by atoms with Crippen LogP contribution in [-0.4, -0.2) is 58.1 Å². The number of unbranched alkanes of at least 4 members (excludes halogenated alkanes) is 1. The lowest BCUT2D eigenvalue weighted by Crippen LogP contribution is -2.62. The van der Waals surface area contributed by atoms with Crippen molar-refractivity contribution in [2.45, 2.75) is 59.0 Å². The second-order valence-electron chi connectivity index (χ2n) is 7.76. The van der Waals surface area contributed by atoms with Crippen molar-refractivity contribution in [1.29, 1.82) is 0 Å². The molecular formula is C19H31N5O3. The van der Waals surface area contributed by atoms with Crippen LogP contribution in [0.5, 0.6) is 0 Å². The molecule has 8 heteroatoms. The molecule has 2 rings (SSSR count). The molecule has 0 spiro atoms. The van der Waals surface area contributed by atoms with Gasteiger partial charge in [0.15, 0.2) is 5.69 Å². The van der Waals surface area contributed by atoms with E-state index in [0.717, 1.165) is 19.3 Å². The maximum Gasteiger partial charge on any atom is 0.272 e. The summed E-state index contributed by atoms with van der Waals surface area (Å²) in [5, 5.41) is 9.99. The first kappa shape index (κ1) is 20.9. The third kappa shape index (κ3) is 4.48. The number of likely N-dealkylation sites (N-methyl/N-ethyl adjacent to an activating group) is 1. The highest BCUT2D eigenvalue weighted by Gasteiger charge is 2.46. The van der Waals surface area contributed by atoms with E-state index in [1.807, 2.05) is 6.92 Å². The number of carbonyl (C=O) groups excluding carboxylic acids is 3. The molecule has 2 heterocycles. The third-order valence-electron chi connectivity index (χ3n) is 5.05. The Kier molecular flexibility index (Phi) is 6.62. The number of nitrogens with zero attached hydrogens (tertiary/aromatic N) is 3. The van der Waals surface area contributed by atoms with Gasteiger partial charge in [-0.25, -0.2) is 0 Å². The molecule has 0 saturated heterocycles. The number of nitrogens with one attached hydrogen (secondary N) is 2. The predicted octanol–water partition coefficient (Wildman–Crippen LogP) is 1.42. The molecule has 0 saturated carbocycles. The molecule has 3 amide bonds. The smallest absolute Gasteiger partial charge is 0.272 e. The number of hydrogen-bond acceptors (Lipinski definition) is 4. The van der Waals surface area contributed by atoms with E-state index in [0.29, 0.717) is 24.7 Å². The summed E-state index contributed by atoms with van der Waals surface area (Å²) in [4.78, 5) is 39.2. The molecule has 1 atom stereocenters. The summed E-state index contributed by atoms with van der Waals surface area (Å²) in [5.74, 6) is -0.351. The fraction of sp³-hybridized carbons (Fsp3) is 0.684. The first-order valence-electron chi connectivity index (χ1n) is 9.63. The van der Waals surface area contributed by atoms with Gasteiger partial charge in [-0.3, -0.25) is 19.1 Å². The average molecular weight is 377 g/mol. The minimum Gasteiger partial charge on any atom is -0.354 e. The van der Waals surface area contributed by atoms with Crippen molar-refractivity contribution in [1.82, 2.24) is 25.3 Å². The Labute approximate surface area is 160 Å². The zero-order valence-electron chi connectivity index (χ0n) is 17.0. The minimum absolute atomic E-state index is 0.201. The normalized spacial score (nSPS) is 19.2. The second-order valence-corrected chi connectivity index (χ2v) is 7.76. The minimum atomic E-state index is -1.05. The van der Waals surface area contributed by atoms with Gasteiger partial charge in [-0.1, -0.05) is 27.2 Å². The van der Waals surface area contributed by atoms with E-state index in [-0.39, 0.29) is 30.0 Å². The summed E-state index contributed by atoms with van der Waals surface area (Å²) >= 11 is 0. The zero-order chi connectivity index (χ0) is 20.2. The predicted molar refractivity (Wildman–Crippen MR) is 102 cm³/mol. The molecular weight excluding hydrogens is 346 g/mol. The van der Waals surface area contributed by atoms with Gasteiger partial charge in [0.25, 0.3) is 11.8 Å². The van der Waals surface area contributed by atoms with E-state index in [9.17, 15) is 14.4 Å². The first-order valence-corrected chi connectivity index (χ1v) is 9.63. The van der Waals surface area contributed by atoms with E-state index < -0.39 is 5.54 Å². The summed E-state index contributed by atoms with van der Waals surface area (Å²) in [6.07, 6.45) is 2.73. The molecule has 1 aromatic rings. The highest BCUT2D eigenvalue weighted by Crippen LogP contribution is 2.26. The Bertz CT molecular complexity index is 712. The molecule has 150 valence electrons. The van der Waals surface area contributed by atoms with Crippen LogP contribution in [0.3, 0.4) is 0 Å². The molecule has 27 heavy (non-hydrogen) atoms. The van der Waals surface area contributed by atoms with Gasteiger partial charge in [-0.2, -0.15) is 5.10 Å². The quantitative estimate of drug-likeness (QED) is 0.670. The SMILES string of the molecule is CCCCNC(=O)c1cc2n(n1)CC(C)(C(=O)NCCC(C)C)N(C)C2=O. The van der Waals surface area contributed by atoms with Crippen molar-refractivity contribution in [2.24, 2.45) is 5.92 Å². The van der Waals surface area contributed by atoms with Gasteiger partial charge >= 0.3 is 0 Å². The van der Waals surface area contributed by atoms with E-state index in [2.05, 4.69) is 29.6 Å². The zero-order valence-corrected chi connectivity index (χ0v) is 17.0. The summed E-state index contributed by atoms with van der Waals surface area (Å²) < 4.78 is 1.47. The summed E-state index contributed by atoms with van der Waals surface area (Å²) in [7, 11) is 1.61. The molecule has 8 nitrogen and oxygen atoms in total. The lowest BCUT2D eigenvalue weighted by atomic mass is 9.95. The Balaban J connectivity index is 2.16. The van der Waals surface area contributed by atoms with Gasteiger partial charge in [-0.05, 0) is 25.7 Å². The number of aromatic nitrogens is 2. The average Bonchev–Trinajstić information content (AvgIpc) is 3.03. The molecule has 0 aromatic carbocycles. The van der Waals surface area contributed by atoms with Crippen molar-refractivity contribution >= 4 is 17.7 Å². The monoisotopic (exact) mass is 377 g/mol. The molecule has 0 fully saturated rings. The number of carbonyl (C=O) groups is 3. The van der Waals surface area contributed by atoms with Gasteiger partial charge in [0, 0.05) is 26.2 Å². The molecule has 1 aliphatic heterocycles. The molecule has 0 bridgehead atoms. The summed E-state index contributed by atoms with van der Waals surface area (Å²) in [5.41, 5.74) is -0.527. The Morgan fingerprint density at radius 3 is 2.63 bits per heavy atom. The number of fused-ring (bicyclic) bond motifs is 1. The van der Waals surface area contributed by atoms with Crippen molar-refractivity contribution < 1.29 is 14.4 Å². The molecule has 0 aliphatic carbocycles. The van der Waals surface area contributed by atoms with E-state index >= 15 is 0 Å². The van der Waals surface area contributed by atoms with Crippen LogP contribution in [0.15, 0.2) is 6.07 Å². The van der Waals surface area contributed by atoms with Crippen LogP contribution >= 0.6 is 0 Å². The van der Waals surface area contributed by atoms with E-state index in [4.69, 9.17) is 0 Å². The van der Waals surface area contributed by atoms with Gasteiger partial charge < -0.3 is 15.5 Å². The van der Waals surface area contributed by atoms with Gasteiger partial charge in [0.2, 0.25) is 5.91 Å². The number of hydrogen-bond donors (Lipinski definition) is 2. The van der Waals surface area contributed by atoms with Crippen molar-refractivity contribution in [3.63, 3.8) is 0 Å². The Morgan fingerprint density at radius 1 is 1.30 bits per heavy atom. The van der Waals surface area contributed by atoms with Gasteiger partial charge in [0.1, 0.15) is 11.2 Å². The largest absolute Gasteiger partial charge is 0.354 e. The van der Waals surface area contributed by atoms with Crippen LogP contribution in [0, 0.1) is 5.92 Å². The topological polar surface area (TPSA) is 96.3 Å². The fourth-order valence-corrected chi connectivity index (χ4v) is 2.97. The van der Waals surface area contributed by atoms with Crippen LogP contribution in [0.25, 0.3) is 0 Å². The first-order chi connectivity index (χ1) is 12.7. The van der Waals surface area contributed by atoms with Gasteiger partial charge in [0.05, 0.1) is 6.54 Å². The van der Waals surface area contributed by atoms with Crippen LogP contribution in [-0.2, 0) is 11.3 Å². The third-order valence-corrected chi connectivity index (χ3v) is 5.05. The molecule has 0 radical (unpaired) electrons. The van der Waals surface area contributed by atoms with Crippen LogP contribution in [0.1, 0.15) is 67.9 Å². The molecule has 1 unspecified atom stereocenters. The van der Waals surface area contributed by atoms with Gasteiger partial charge in [-0.15, -0.1) is 0 Å². The standard InChI is InChI=1S/C19H31N5O3/c1-6-7-9-20-16(25)14-11-15-17(26)23(5)19(4,12-24(15)22-14)18(27)21-10-8-13(2)3/h11,13H,6-10,12H2,1-5H3,(H,20,25)(H,21,27). The van der Waals surface area contributed by atoms with E-state index in [1.54, 1.807) is 14.0 Å². The van der Waals surface area contributed by atoms with E-state index in [1.165, 1.54) is 15.6 Å². The Hall–Kier alpha value is -2.38. The van der Waals surface area contributed by atoms with Crippen LogP contribution in [0.4, 0.5) is 0 Å². The summed E-state index contributed by atoms with van der Waals surface area (Å²) in [6.45, 7) is 9.29. The Morgan fingerprint density at radius 2 is 2.00 bits per heavy atom. The van der Waals surface area contributed by atoms with Crippen molar-refractivity contribution in [2.75, 3.05) is 20.1 Å². The molecule has 2 N–H and O–H groups in total. The lowest BCUT2D eigenvalue weighted by molar-refractivity contribution is -0.132. The maximum atomic E-state index is 12.8. The number of amides is 3. The fourth-order valence-electron chi connectivity index (χ4n) is 2.97.